The average Bonchev–Trinajstić information content (AvgIpc) is 3.32. The van der Waals surface area contributed by atoms with E-state index in [0.29, 0.717) is 19.6 Å². The van der Waals surface area contributed by atoms with E-state index in [0.717, 1.165) is 24.2 Å². The highest BCUT2D eigenvalue weighted by atomic mass is 16.5. The minimum absolute atomic E-state index is 0.0244. The molecule has 3 rings (SSSR count). The molecule has 1 fully saturated rings. The monoisotopic (exact) mass is 388 g/mol. The molecule has 1 aliphatic rings. The van der Waals surface area contributed by atoms with Gasteiger partial charge in [-0.2, -0.15) is 10.2 Å². The second-order valence-corrected chi connectivity index (χ2v) is 8.53. The number of ether oxygens (including phenoxy) is 1. The fourth-order valence-corrected chi connectivity index (χ4v) is 3.77. The summed E-state index contributed by atoms with van der Waals surface area (Å²) in [5.74, 6) is 0.379. The molecule has 0 unspecified atom stereocenters. The minimum atomic E-state index is -0.0244. The number of aromatic nitrogens is 4. The SMILES string of the molecule is COCCN1C(=O)C[C@@H](CNCc2cnn(C(C)(C)C)c2)[C@@H]1c1cnn(C)c1. The van der Waals surface area contributed by atoms with Crippen molar-refractivity contribution in [3.8, 4) is 0 Å². The van der Waals surface area contributed by atoms with Gasteiger partial charge in [-0.25, -0.2) is 0 Å². The van der Waals surface area contributed by atoms with E-state index < -0.39 is 0 Å². The Labute approximate surface area is 166 Å². The lowest BCUT2D eigenvalue weighted by Gasteiger charge is -2.27. The first-order valence-electron chi connectivity index (χ1n) is 9.81. The molecule has 28 heavy (non-hydrogen) atoms. The quantitative estimate of drug-likeness (QED) is 0.745. The van der Waals surface area contributed by atoms with Crippen LogP contribution in [0.1, 0.15) is 44.4 Å². The summed E-state index contributed by atoms with van der Waals surface area (Å²) in [5.41, 5.74) is 2.20. The molecule has 0 aromatic carbocycles. The maximum atomic E-state index is 12.6. The van der Waals surface area contributed by atoms with Crippen LogP contribution in [-0.2, 0) is 28.7 Å². The first kappa shape index (κ1) is 20.5. The van der Waals surface area contributed by atoms with Crippen LogP contribution >= 0.6 is 0 Å². The van der Waals surface area contributed by atoms with Gasteiger partial charge in [0, 0.05) is 69.7 Å². The smallest absolute Gasteiger partial charge is 0.223 e. The number of methoxy groups -OCH3 is 1. The number of rotatable bonds is 8. The van der Waals surface area contributed by atoms with Crippen LogP contribution in [0.15, 0.2) is 24.8 Å². The fraction of sp³-hybridized carbons (Fsp3) is 0.650. The fourth-order valence-electron chi connectivity index (χ4n) is 3.77. The first-order valence-corrected chi connectivity index (χ1v) is 9.81. The zero-order valence-corrected chi connectivity index (χ0v) is 17.6. The van der Waals surface area contributed by atoms with Crippen LogP contribution in [0.3, 0.4) is 0 Å². The molecule has 2 aromatic rings. The number of hydrogen-bond acceptors (Lipinski definition) is 5. The lowest BCUT2D eigenvalue weighted by atomic mass is 9.95. The number of carbonyl (C=O) groups excluding carboxylic acids is 1. The standard InChI is InChI=1S/C20H32N6O2/c1-20(2,3)26-13-15(10-23-26)9-21-11-16-8-18(27)25(6-7-28-5)19(16)17-12-22-24(4)14-17/h10,12-14,16,19,21H,6-9,11H2,1-5H3/t16-,19+/m0/s1. The van der Waals surface area contributed by atoms with Crippen LogP contribution in [0.4, 0.5) is 0 Å². The van der Waals surface area contributed by atoms with Crippen LogP contribution in [0, 0.1) is 5.92 Å². The molecular formula is C20H32N6O2. The molecule has 3 heterocycles. The van der Waals surface area contributed by atoms with Crippen LogP contribution in [0.2, 0.25) is 0 Å². The summed E-state index contributed by atoms with van der Waals surface area (Å²) in [6, 6.07) is 0.0288. The Morgan fingerprint density at radius 3 is 2.64 bits per heavy atom. The molecule has 154 valence electrons. The third-order valence-electron chi connectivity index (χ3n) is 5.20. The van der Waals surface area contributed by atoms with Crippen molar-refractivity contribution >= 4 is 5.91 Å². The zero-order chi connectivity index (χ0) is 20.3. The molecule has 2 aromatic heterocycles. The van der Waals surface area contributed by atoms with Crippen molar-refractivity contribution in [1.82, 2.24) is 29.8 Å². The third kappa shape index (κ3) is 4.62. The molecule has 0 aliphatic carbocycles. The summed E-state index contributed by atoms with van der Waals surface area (Å²) in [5, 5.41) is 12.3. The van der Waals surface area contributed by atoms with Crippen molar-refractivity contribution in [3.63, 3.8) is 0 Å². The van der Waals surface area contributed by atoms with E-state index in [1.807, 2.05) is 35.2 Å². The highest BCUT2D eigenvalue weighted by Crippen LogP contribution is 2.37. The van der Waals surface area contributed by atoms with Gasteiger partial charge in [-0.15, -0.1) is 0 Å². The summed E-state index contributed by atoms with van der Waals surface area (Å²) in [6.45, 7) is 9.03. The van der Waals surface area contributed by atoms with Gasteiger partial charge in [0.05, 0.1) is 30.6 Å². The zero-order valence-electron chi connectivity index (χ0n) is 17.6. The number of aryl methyl sites for hydroxylation is 1. The summed E-state index contributed by atoms with van der Waals surface area (Å²) in [7, 11) is 3.57. The van der Waals surface area contributed by atoms with Crippen molar-refractivity contribution in [2.75, 3.05) is 26.8 Å². The molecule has 8 heteroatoms. The van der Waals surface area contributed by atoms with Gasteiger partial charge in [0.15, 0.2) is 0 Å². The Hall–Kier alpha value is -2.19. The molecule has 1 N–H and O–H groups in total. The summed E-state index contributed by atoms with van der Waals surface area (Å²) in [6.07, 6.45) is 8.39. The minimum Gasteiger partial charge on any atom is -0.383 e. The van der Waals surface area contributed by atoms with E-state index in [-0.39, 0.29) is 23.4 Å². The summed E-state index contributed by atoms with van der Waals surface area (Å²) < 4.78 is 8.98. The second-order valence-electron chi connectivity index (χ2n) is 8.53. The molecular weight excluding hydrogens is 356 g/mol. The molecule has 0 saturated carbocycles. The predicted octanol–water partition coefficient (Wildman–Crippen LogP) is 1.70. The van der Waals surface area contributed by atoms with E-state index in [4.69, 9.17) is 4.74 Å². The molecule has 0 radical (unpaired) electrons. The largest absolute Gasteiger partial charge is 0.383 e. The highest BCUT2D eigenvalue weighted by molar-refractivity contribution is 5.79. The highest BCUT2D eigenvalue weighted by Gasteiger charge is 2.40. The number of likely N-dealkylation sites (tertiary alicyclic amines) is 1. The van der Waals surface area contributed by atoms with Crippen LogP contribution in [0.25, 0.3) is 0 Å². The van der Waals surface area contributed by atoms with Crippen molar-refractivity contribution < 1.29 is 9.53 Å². The lowest BCUT2D eigenvalue weighted by molar-refractivity contribution is -0.129. The molecule has 1 saturated heterocycles. The lowest BCUT2D eigenvalue weighted by Crippen LogP contribution is -2.33. The van der Waals surface area contributed by atoms with Crippen molar-refractivity contribution in [2.45, 2.75) is 45.3 Å². The Bertz CT molecular complexity index is 791. The molecule has 0 bridgehead atoms. The maximum absolute atomic E-state index is 12.6. The van der Waals surface area contributed by atoms with E-state index in [9.17, 15) is 4.79 Å². The van der Waals surface area contributed by atoms with Gasteiger partial charge in [-0.1, -0.05) is 0 Å². The van der Waals surface area contributed by atoms with Crippen molar-refractivity contribution in [1.29, 1.82) is 0 Å². The summed E-state index contributed by atoms with van der Waals surface area (Å²) in [4.78, 5) is 14.6. The van der Waals surface area contributed by atoms with Gasteiger partial charge < -0.3 is 15.0 Å². The normalized spacial score (nSPS) is 20.3. The number of amides is 1. The van der Waals surface area contributed by atoms with Crippen LogP contribution < -0.4 is 5.32 Å². The van der Waals surface area contributed by atoms with Crippen molar-refractivity contribution in [2.24, 2.45) is 13.0 Å². The molecule has 2 atom stereocenters. The number of carbonyl (C=O) groups is 1. The van der Waals surface area contributed by atoms with E-state index in [1.54, 1.807) is 11.8 Å². The Kier molecular flexibility index (Phi) is 6.20. The average molecular weight is 389 g/mol. The third-order valence-corrected chi connectivity index (χ3v) is 5.20. The molecule has 0 spiro atoms. The Morgan fingerprint density at radius 2 is 2.04 bits per heavy atom. The van der Waals surface area contributed by atoms with Crippen LogP contribution in [0.5, 0.6) is 0 Å². The second kappa shape index (κ2) is 8.45. The Morgan fingerprint density at radius 1 is 1.25 bits per heavy atom. The van der Waals surface area contributed by atoms with Gasteiger partial charge in [0.2, 0.25) is 5.91 Å². The van der Waals surface area contributed by atoms with Crippen molar-refractivity contribution in [3.05, 3.63) is 35.9 Å². The van der Waals surface area contributed by atoms with Gasteiger partial charge in [0.1, 0.15) is 0 Å². The molecule has 1 aliphatic heterocycles. The number of hydrogen-bond donors (Lipinski definition) is 1. The van der Waals surface area contributed by atoms with Gasteiger partial charge in [-0.05, 0) is 20.8 Å². The summed E-state index contributed by atoms with van der Waals surface area (Å²) >= 11 is 0. The first-order chi connectivity index (χ1) is 13.3. The van der Waals surface area contributed by atoms with Gasteiger partial charge in [-0.3, -0.25) is 14.2 Å². The Balaban J connectivity index is 1.65. The van der Waals surface area contributed by atoms with E-state index in [1.165, 1.54) is 0 Å². The molecule has 8 nitrogen and oxygen atoms in total. The van der Waals surface area contributed by atoms with Crippen LogP contribution in [-0.4, -0.2) is 57.2 Å². The predicted molar refractivity (Wildman–Crippen MR) is 107 cm³/mol. The number of nitrogens with zero attached hydrogens (tertiary/aromatic N) is 5. The van der Waals surface area contributed by atoms with Gasteiger partial charge in [0.25, 0.3) is 0 Å². The molecule has 1 amide bonds. The van der Waals surface area contributed by atoms with Gasteiger partial charge >= 0.3 is 0 Å². The van der Waals surface area contributed by atoms with E-state index in [2.05, 4.69) is 42.5 Å². The van der Waals surface area contributed by atoms with E-state index >= 15 is 0 Å². The topological polar surface area (TPSA) is 77.2 Å². The maximum Gasteiger partial charge on any atom is 0.223 e. The number of nitrogens with one attached hydrogen (secondary N) is 1.